The van der Waals surface area contributed by atoms with Crippen LogP contribution in [0.2, 0.25) is 0 Å². The summed E-state index contributed by atoms with van der Waals surface area (Å²) in [4.78, 5) is 39.9. The first-order valence-corrected chi connectivity index (χ1v) is 14.6. The van der Waals surface area contributed by atoms with Gasteiger partial charge in [-0.25, -0.2) is 0 Å². The van der Waals surface area contributed by atoms with E-state index in [1.54, 1.807) is 17.0 Å². The van der Waals surface area contributed by atoms with Crippen LogP contribution in [-0.4, -0.2) is 91.0 Å². The molecule has 0 unspecified atom stereocenters. The summed E-state index contributed by atoms with van der Waals surface area (Å²) < 4.78 is 18.2. The highest BCUT2D eigenvalue weighted by atomic mass is 127. The van der Waals surface area contributed by atoms with E-state index in [-0.39, 0.29) is 44.5 Å². The molecule has 10 nitrogen and oxygen atoms in total. The molecule has 0 saturated carbocycles. The zero-order valence-corrected chi connectivity index (χ0v) is 25.0. The number of halogens is 1. The van der Waals surface area contributed by atoms with Crippen LogP contribution in [0, 0.1) is 3.57 Å². The van der Waals surface area contributed by atoms with Gasteiger partial charge < -0.3 is 34.6 Å². The predicted molar refractivity (Wildman–Crippen MR) is 159 cm³/mol. The van der Waals surface area contributed by atoms with E-state index >= 15 is 0 Å². The standard InChI is InChI=1S/C30H35IN2O8/c1-39-26-13-20(18-35)12-23(31)29(26)41-25-16-21(30(38)32-9-10-34)15-24(28(25)37)33(17-22-8-5-11-40-22)27(36)14-19-6-3-2-4-7-19/h2-4,6-7,12-13,16,18,22,24-25,28,34,37H,5,8-11,14-15,17H2,1H3,(H,32,38)/t22-,24+,25-,28-/m0/s1. The molecule has 1 saturated heterocycles. The van der Waals surface area contributed by atoms with Crippen LogP contribution in [0.4, 0.5) is 0 Å². The van der Waals surface area contributed by atoms with E-state index in [2.05, 4.69) is 5.32 Å². The Hall–Kier alpha value is -3.00. The van der Waals surface area contributed by atoms with Crippen molar-refractivity contribution < 1.29 is 38.8 Å². The molecule has 2 aliphatic rings. The van der Waals surface area contributed by atoms with Crippen molar-refractivity contribution in [1.82, 2.24) is 10.2 Å². The maximum absolute atomic E-state index is 13.8. The van der Waals surface area contributed by atoms with Crippen LogP contribution in [0.25, 0.3) is 0 Å². The molecule has 2 amide bonds. The molecule has 4 rings (SSSR count). The van der Waals surface area contributed by atoms with Crippen molar-refractivity contribution >= 4 is 40.7 Å². The highest BCUT2D eigenvalue weighted by Crippen LogP contribution is 2.37. The first kappa shape index (κ1) is 30.9. The van der Waals surface area contributed by atoms with Crippen molar-refractivity contribution in [3.63, 3.8) is 0 Å². The Bertz CT molecular complexity index is 1250. The summed E-state index contributed by atoms with van der Waals surface area (Å²) in [5, 5.41) is 23.6. The van der Waals surface area contributed by atoms with E-state index < -0.39 is 24.2 Å². The molecule has 1 aliphatic heterocycles. The number of ether oxygens (including phenoxy) is 3. The van der Waals surface area contributed by atoms with Gasteiger partial charge in [-0.3, -0.25) is 14.4 Å². The third-order valence-electron chi connectivity index (χ3n) is 7.20. The first-order valence-electron chi connectivity index (χ1n) is 13.6. The summed E-state index contributed by atoms with van der Waals surface area (Å²) in [5.74, 6) is -0.0236. The normalized spacial score (nSPS) is 22.0. The second kappa shape index (κ2) is 14.8. The number of nitrogens with zero attached hydrogens (tertiary/aromatic N) is 1. The molecule has 0 aromatic heterocycles. The number of benzene rings is 2. The molecular weight excluding hydrogens is 643 g/mol. The molecule has 3 N–H and O–H groups in total. The summed E-state index contributed by atoms with van der Waals surface area (Å²) in [7, 11) is 1.45. The van der Waals surface area contributed by atoms with E-state index in [1.165, 1.54) is 13.2 Å². The van der Waals surface area contributed by atoms with Gasteiger partial charge in [0.1, 0.15) is 18.5 Å². The van der Waals surface area contributed by atoms with Crippen LogP contribution in [0.5, 0.6) is 11.5 Å². The first-order chi connectivity index (χ1) is 19.8. The average molecular weight is 679 g/mol. The van der Waals surface area contributed by atoms with Gasteiger partial charge in [-0.1, -0.05) is 30.3 Å². The molecule has 4 atom stereocenters. The molecule has 1 fully saturated rings. The average Bonchev–Trinajstić information content (AvgIpc) is 3.50. The molecule has 1 heterocycles. The summed E-state index contributed by atoms with van der Waals surface area (Å²) in [6.45, 7) is 0.694. The lowest BCUT2D eigenvalue weighted by Gasteiger charge is -2.41. The number of hydrogen-bond donors (Lipinski definition) is 3. The summed E-state index contributed by atoms with van der Waals surface area (Å²) in [6.07, 6.45) is 1.72. The minimum Gasteiger partial charge on any atom is -0.493 e. The van der Waals surface area contributed by atoms with E-state index in [4.69, 9.17) is 14.2 Å². The van der Waals surface area contributed by atoms with Crippen molar-refractivity contribution in [3.05, 3.63) is 68.8 Å². The summed E-state index contributed by atoms with van der Waals surface area (Å²) in [6, 6.07) is 11.7. The van der Waals surface area contributed by atoms with Gasteiger partial charge in [0, 0.05) is 37.3 Å². The minimum atomic E-state index is -1.20. The zero-order chi connectivity index (χ0) is 29.4. The smallest absolute Gasteiger partial charge is 0.247 e. The minimum absolute atomic E-state index is 0.0559. The lowest BCUT2D eigenvalue weighted by molar-refractivity contribution is -0.140. The van der Waals surface area contributed by atoms with E-state index in [0.717, 1.165) is 18.4 Å². The third-order valence-corrected chi connectivity index (χ3v) is 8.00. The van der Waals surface area contributed by atoms with Crippen LogP contribution in [0.1, 0.15) is 35.2 Å². The number of methoxy groups -OCH3 is 1. The van der Waals surface area contributed by atoms with Gasteiger partial charge in [0.05, 0.1) is 35.9 Å². The van der Waals surface area contributed by atoms with Crippen LogP contribution >= 0.6 is 22.6 Å². The van der Waals surface area contributed by atoms with Crippen molar-refractivity contribution in [2.24, 2.45) is 0 Å². The number of aliphatic hydroxyl groups excluding tert-OH is 2. The number of hydrogen-bond acceptors (Lipinski definition) is 8. The fraction of sp³-hybridized carbons (Fsp3) is 0.433. The Morgan fingerprint density at radius 1 is 1.24 bits per heavy atom. The summed E-state index contributed by atoms with van der Waals surface area (Å²) in [5.41, 5.74) is 1.55. The van der Waals surface area contributed by atoms with Crippen molar-refractivity contribution in [3.8, 4) is 11.5 Å². The fourth-order valence-electron chi connectivity index (χ4n) is 5.14. The number of rotatable bonds is 12. The van der Waals surface area contributed by atoms with Crippen molar-refractivity contribution in [2.45, 2.75) is 50.0 Å². The lowest BCUT2D eigenvalue weighted by Crippen LogP contribution is -2.57. The molecule has 220 valence electrons. The number of carbonyl (C=O) groups excluding carboxylic acids is 3. The Labute approximate surface area is 252 Å². The van der Waals surface area contributed by atoms with Crippen molar-refractivity contribution in [2.75, 3.05) is 33.4 Å². The Kier molecular flexibility index (Phi) is 11.1. The number of aliphatic hydroxyl groups is 2. The SMILES string of the molecule is COc1cc(C=O)cc(I)c1O[C@H]1C=C(C(=O)NCCO)C[C@@H](N(C[C@@H]2CCCO2)C(=O)Cc2ccccc2)[C@@H]1O. The highest BCUT2D eigenvalue weighted by molar-refractivity contribution is 14.1. The van der Waals surface area contributed by atoms with Gasteiger partial charge >= 0.3 is 0 Å². The van der Waals surface area contributed by atoms with Gasteiger partial charge in [0.2, 0.25) is 11.8 Å². The molecule has 41 heavy (non-hydrogen) atoms. The van der Waals surface area contributed by atoms with Crippen molar-refractivity contribution in [1.29, 1.82) is 0 Å². The highest BCUT2D eigenvalue weighted by Gasteiger charge is 2.42. The predicted octanol–water partition coefficient (Wildman–Crippen LogP) is 2.28. The molecular formula is C30H35IN2O8. The summed E-state index contributed by atoms with van der Waals surface area (Å²) >= 11 is 2.02. The van der Waals surface area contributed by atoms with Crippen LogP contribution in [0.15, 0.2) is 54.1 Å². The van der Waals surface area contributed by atoms with Crippen LogP contribution in [0.3, 0.4) is 0 Å². The van der Waals surface area contributed by atoms with Gasteiger partial charge in [-0.2, -0.15) is 0 Å². The zero-order valence-electron chi connectivity index (χ0n) is 22.8. The van der Waals surface area contributed by atoms with E-state index in [9.17, 15) is 24.6 Å². The molecule has 0 bridgehead atoms. The Balaban J connectivity index is 1.69. The van der Waals surface area contributed by atoms with Gasteiger partial charge in [-0.05, 0) is 59.2 Å². The second-order valence-electron chi connectivity index (χ2n) is 10.0. The van der Waals surface area contributed by atoms with Crippen LogP contribution < -0.4 is 14.8 Å². The number of nitrogens with one attached hydrogen (secondary N) is 1. The van der Waals surface area contributed by atoms with Gasteiger partial charge in [0.15, 0.2) is 11.5 Å². The molecule has 0 spiro atoms. The van der Waals surface area contributed by atoms with Gasteiger partial charge in [-0.15, -0.1) is 0 Å². The third kappa shape index (κ3) is 7.85. The molecule has 11 heteroatoms. The fourth-order valence-corrected chi connectivity index (χ4v) is 5.89. The molecule has 1 aliphatic carbocycles. The number of aldehydes is 1. The maximum Gasteiger partial charge on any atom is 0.247 e. The van der Waals surface area contributed by atoms with Crippen LogP contribution in [-0.2, 0) is 20.7 Å². The Morgan fingerprint density at radius 3 is 2.68 bits per heavy atom. The number of amides is 2. The monoisotopic (exact) mass is 678 g/mol. The number of carbonyl (C=O) groups is 3. The topological polar surface area (TPSA) is 135 Å². The molecule has 0 radical (unpaired) electrons. The Morgan fingerprint density at radius 2 is 2.02 bits per heavy atom. The second-order valence-corrected chi connectivity index (χ2v) is 11.2. The largest absolute Gasteiger partial charge is 0.493 e. The molecule has 2 aromatic rings. The maximum atomic E-state index is 13.8. The van der Waals surface area contributed by atoms with E-state index in [0.29, 0.717) is 39.1 Å². The van der Waals surface area contributed by atoms with E-state index in [1.807, 2.05) is 52.9 Å². The molecule has 2 aromatic carbocycles. The lowest BCUT2D eigenvalue weighted by atomic mass is 9.87. The van der Waals surface area contributed by atoms with Gasteiger partial charge in [0.25, 0.3) is 0 Å². The quantitative estimate of drug-likeness (QED) is 0.230.